The van der Waals surface area contributed by atoms with Crippen LogP contribution in [0.2, 0.25) is 0 Å². The monoisotopic (exact) mass is 382 g/mol. The molecule has 0 aliphatic heterocycles. The molecular weight excluding hydrogens is 364 g/mol. The summed E-state index contributed by atoms with van der Waals surface area (Å²) in [5.74, 6) is 1.45. The van der Waals surface area contributed by atoms with E-state index in [0.29, 0.717) is 5.69 Å². The van der Waals surface area contributed by atoms with Crippen LogP contribution in [0.3, 0.4) is 0 Å². The molecule has 0 fully saturated rings. The van der Waals surface area contributed by atoms with E-state index in [1.807, 2.05) is 60.7 Å². The van der Waals surface area contributed by atoms with E-state index in [1.54, 1.807) is 0 Å². The summed E-state index contributed by atoms with van der Waals surface area (Å²) in [6.07, 6.45) is 0. The number of nitrogen functional groups attached to an aromatic ring is 1. The number of amides is 1. The molecule has 2 heterocycles. The summed E-state index contributed by atoms with van der Waals surface area (Å²) in [7, 11) is 0. The standard InChI is InChI=1S/C22H18N6O/c1-12(29)24-16-7-9-18-20(11-16)28-22(26-18)14-4-2-13(3-5-14)21-25-17-8-6-15(23)10-19(17)27-21/h2-11H,23H2,1H3,(H,24,29)(H,25,27)(H,26,28). The number of hydrogen-bond donors (Lipinski definition) is 4. The van der Waals surface area contributed by atoms with Crippen LogP contribution in [0.15, 0.2) is 60.7 Å². The van der Waals surface area contributed by atoms with Gasteiger partial charge in [-0.1, -0.05) is 24.3 Å². The van der Waals surface area contributed by atoms with Crippen molar-refractivity contribution in [1.29, 1.82) is 0 Å². The van der Waals surface area contributed by atoms with Crippen LogP contribution in [-0.2, 0) is 4.79 Å². The number of carbonyl (C=O) groups excluding carboxylic acids is 1. The summed E-state index contributed by atoms with van der Waals surface area (Å²) in [5.41, 5.74) is 12.7. The van der Waals surface area contributed by atoms with Crippen LogP contribution >= 0.6 is 0 Å². The number of rotatable bonds is 3. The van der Waals surface area contributed by atoms with Crippen LogP contribution in [0, 0.1) is 0 Å². The summed E-state index contributed by atoms with van der Waals surface area (Å²) >= 11 is 0. The minimum Gasteiger partial charge on any atom is -0.399 e. The number of nitrogens with two attached hydrogens (primary N) is 1. The maximum absolute atomic E-state index is 11.2. The second kappa shape index (κ2) is 6.49. The van der Waals surface area contributed by atoms with Crippen molar-refractivity contribution >= 4 is 39.3 Å². The highest BCUT2D eigenvalue weighted by Gasteiger charge is 2.09. The molecule has 1 amide bonds. The molecule has 2 aromatic heterocycles. The van der Waals surface area contributed by atoms with Gasteiger partial charge in [-0.05, 0) is 36.4 Å². The molecule has 0 atom stereocenters. The number of carbonyl (C=O) groups is 1. The third kappa shape index (κ3) is 3.19. The lowest BCUT2D eigenvalue weighted by Crippen LogP contribution is -2.05. The fraction of sp³-hybridized carbons (Fsp3) is 0.0455. The first kappa shape index (κ1) is 17.0. The number of nitrogens with zero attached hydrogens (tertiary/aromatic N) is 2. The van der Waals surface area contributed by atoms with Gasteiger partial charge >= 0.3 is 0 Å². The quantitative estimate of drug-likeness (QED) is 0.348. The first-order valence-electron chi connectivity index (χ1n) is 9.18. The number of anilines is 2. The molecule has 5 rings (SSSR count). The number of imidazole rings is 2. The number of hydrogen-bond acceptors (Lipinski definition) is 4. The van der Waals surface area contributed by atoms with Crippen molar-refractivity contribution in [3.8, 4) is 22.8 Å². The molecule has 5 aromatic rings. The molecule has 0 aliphatic rings. The van der Waals surface area contributed by atoms with Gasteiger partial charge in [0.2, 0.25) is 5.91 Å². The van der Waals surface area contributed by atoms with Gasteiger partial charge < -0.3 is 21.0 Å². The maximum atomic E-state index is 11.2. The second-order valence-electron chi connectivity index (χ2n) is 6.94. The lowest BCUT2D eigenvalue weighted by Gasteiger charge is -2.00. The molecule has 29 heavy (non-hydrogen) atoms. The van der Waals surface area contributed by atoms with Gasteiger partial charge in [-0.2, -0.15) is 0 Å². The molecule has 3 aromatic carbocycles. The van der Waals surface area contributed by atoms with E-state index in [-0.39, 0.29) is 5.91 Å². The van der Waals surface area contributed by atoms with Crippen molar-refractivity contribution in [3.63, 3.8) is 0 Å². The number of aromatic nitrogens is 4. The van der Waals surface area contributed by atoms with Crippen LogP contribution in [-0.4, -0.2) is 25.8 Å². The molecule has 7 heteroatoms. The van der Waals surface area contributed by atoms with Gasteiger partial charge in [-0.3, -0.25) is 4.79 Å². The lowest BCUT2D eigenvalue weighted by atomic mass is 10.1. The molecule has 0 radical (unpaired) electrons. The van der Waals surface area contributed by atoms with Gasteiger partial charge in [-0.25, -0.2) is 9.97 Å². The third-order valence-electron chi connectivity index (χ3n) is 4.74. The van der Waals surface area contributed by atoms with Crippen molar-refractivity contribution in [2.75, 3.05) is 11.1 Å². The minimum atomic E-state index is -0.107. The van der Waals surface area contributed by atoms with Crippen LogP contribution in [0.5, 0.6) is 0 Å². The van der Waals surface area contributed by atoms with Crippen molar-refractivity contribution < 1.29 is 4.79 Å². The molecule has 0 spiro atoms. The largest absolute Gasteiger partial charge is 0.399 e. The average molecular weight is 382 g/mol. The molecule has 0 saturated heterocycles. The van der Waals surface area contributed by atoms with Gasteiger partial charge in [0, 0.05) is 29.4 Å². The molecule has 7 nitrogen and oxygen atoms in total. The Morgan fingerprint density at radius 1 is 0.828 bits per heavy atom. The van der Waals surface area contributed by atoms with Gasteiger partial charge in [0.1, 0.15) is 11.6 Å². The molecule has 0 bridgehead atoms. The number of benzene rings is 3. The Kier molecular flexibility index (Phi) is 3.80. The first-order chi connectivity index (χ1) is 14.0. The van der Waals surface area contributed by atoms with Crippen molar-refractivity contribution in [3.05, 3.63) is 60.7 Å². The van der Waals surface area contributed by atoms with Crippen molar-refractivity contribution in [2.45, 2.75) is 6.92 Å². The van der Waals surface area contributed by atoms with Crippen LogP contribution in [0.25, 0.3) is 44.8 Å². The predicted octanol–water partition coefficient (Wildman–Crippen LogP) is 4.31. The number of fused-ring (bicyclic) bond motifs is 2. The fourth-order valence-electron chi connectivity index (χ4n) is 3.37. The molecule has 0 saturated carbocycles. The highest BCUT2D eigenvalue weighted by atomic mass is 16.1. The SMILES string of the molecule is CC(=O)Nc1ccc2[nH]c(-c3ccc(-c4nc5cc(N)ccc5[nH]4)cc3)nc2c1. The number of H-pyrrole nitrogens is 2. The molecular formula is C22H18N6O. The maximum Gasteiger partial charge on any atom is 0.221 e. The van der Waals surface area contributed by atoms with E-state index in [1.165, 1.54) is 6.92 Å². The Morgan fingerprint density at radius 3 is 1.97 bits per heavy atom. The second-order valence-corrected chi connectivity index (χ2v) is 6.94. The molecule has 5 N–H and O–H groups in total. The summed E-state index contributed by atoms with van der Waals surface area (Å²) in [4.78, 5) is 27.2. The fourth-order valence-corrected chi connectivity index (χ4v) is 3.37. The zero-order valence-electron chi connectivity index (χ0n) is 15.7. The topological polar surface area (TPSA) is 112 Å². The van der Waals surface area contributed by atoms with E-state index in [9.17, 15) is 4.79 Å². The van der Waals surface area contributed by atoms with Gasteiger partial charge in [-0.15, -0.1) is 0 Å². The smallest absolute Gasteiger partial charge is 0.221 e. The third-order valence-corrected chi connectivity index (χ3v) is 4.74. The predicted molar refractivity (Wildman–Crippen MR) is 115 cm³/mol. The number of nitrogens with one attached hydrogen (secondary N) is 3. The van der Waals surface area contributed by atoms with E-state index < -0.39 is 0 Å². The van der Waals surface area contributed by atoms with Crippen LogP contribution < -0.4 is 11.1 Å². The van der Waals surface area contributed by atoms with Crippen LogP contribution in [0.4, 0.5) is 11.4 Å². The molecule has 0 unspecified atom stereocenters. The van der Waals surface area contributed by atoms with Gasteiger partial charge in [0.15, 0.2) is 0 Å². The van der Waals surface area contributed by atoms with Crippen molar-refractivity contribution in [2.24, 2.45) is 0 Å². The van der Waals surface area contributed by atoms with E-state index in [4.69, 9.17) is 5.73 Å². The Morgan fingerprint density at radius 2 is 1.38 bits per heavy atom. The lowest BCUT2D eigenvalue weighted by molar-refractivity contribution is -0.114. The van der Waals surface area contributed by atoms with E-state index in [2.05, 4.69) is 25.3 Å². The zero-order valence-corrected chi connectivity index (χ0v) is 15.7. The Labute approximate surface area is 166 Å². The Balaban J connectivity index is 1.46. The average Bonchev–Trinajstić information content (AvgIpc) is 3.31. The number of aromatic amines is 2. The minimum absolute atomic E-state index is 0.107. The van der Waals surface area contributed by atoms with E-state index >= 15 is 0 Å². The summed E-state index contributed by atoms with van der Waals surface area (Å²) in [6.45, 7) is 1.48. The Hall–Kier alpha value is -4.13. The highest BCUT2D eigenvalue weighted by Crippen LogP contribution is 2.26. The zero-order chi connectivity index (χ0) is 20.0. The summed E-state index contributed by atoms with van der Waals surface area (Å²) < 4.78 is 0. The normalized spacial score (nSPS) is 11.2. The van der Waals surface area contributed by atoms with E-state index in [0.717, 1.165) is 50.5 Å². The molecule has 142 valence electrons. The first-order valence-corrected chi connectivity index (χ1v) is 9.18. The van der Waals surface area contributed by atoms with Gasteiger partial charge in [0.25, 0.3) is 0 Å². The Bertz CT molecular complexity index is 1360. The van der Waals surface area contributed by atoms with Crippen LogP contribution in [0.1, 0.15) is 6.92 Å². The summed E-state index contributed by atoms with van der Waals surface area (Å²) in [6, 6.07) is 19.3. The highest BCUT2D eigenvalue weighted by molar-refractivity contribution is 5.92. The summed E-state index contributed by atoms with van der Waals surface area (Å²) in [5, 5.41) is 2.77. The van der Waals surface area contributed by atoms with Crippen molar-refractivity contribution in [1.82, 2.24) is 19.9 Å². The van der Waals surface area contributed by atoms with Gasteiger partial charge in [0.05, 0.1) is 22.1 Å². The molecule has 0 aliphatic carbocycles.